The third kappa shape index (κ3) is 4.61. The number of esters is 1. The first kappa shape index (κ1) is 15.1. The quantitative estimate of drug-likeness (QED) is 0.652. The molecule has 0 aliphatic heterocycles. The summed E-state index contributed by atoms with van der Waals surface area (Å²) in [6.45, 7) is 0.106. The fourth-order valence-electron chi connectivity index (χ4n) is 1.61. The Bertz CT molecular complexity index is 632. The molecule has 5 nitrogen and oxygen atoms in total. The van der Waals surface area contributed by atoms with E-state index in [1.807, 2.05) is 6.07 Å². The minimum Gasteiger partial charge on any atom is -0.456 e. The highest BCUT2D eigenvalue weighted by Crippen LogP contribution is 2.23. The minimum absolute atomic E-state index is 0.106. The highest BCUT2D eigenvalue weighted by Gasteiger charge is 2.13. The number of benzene rings is 1. The zero-order chi connectivity index (χ0) is 15.1. The van der Waals surface area contributed by atoms with Crippen molar-refractivity contribution in [3.05, 3.63) is 59.9 Å². The van der Waals surface area contributed by atoms with Crippen molar-refractivity contribution in [3.63, 3.8) is 0 Å². The summed E-state index contributed by atoms with van der Waals surface area (Å²) in [5.41, 5.74) is 6.21. The molecular weight excluding hydrogens is 288 g/mol. The van der Waals surface area contributed by atoms with Gasteiger partial charge in [-0.05, 0) is 24.3 Å². The molecule has 21 heavy (non-hydrogen) atoms. The molecule has 1 amide bonds. The van der Waals surface area contributed by atoms with Crippen molar-refractivity contribution in [2.24, 2.45) is 5.73 Å². The van der Waals surface area contributed by atoms with Crippen molar-refractivity contribution < 1.29 is 14.3 Å². The fraction of sp³-hybridized carbons (Fsp3) is 0.133. The van der Waals surface area contributed by atoms with Crippen LogP contribution in [0.25, 0.3) is 0 Å². The molecule has 1 aromatic heterocycles. The van der Waals surface area contributed by atoms with Crippen LogP contribution in [0, 0.1) is 0 Å². The van der Waals surface area contributed by atoms with Crippen molar-refractivity contribution >= 4 is 23.6 Å². The summed E-state index contributed by atoms with van der Waals surface area (Å²) in [6, 6.07) is 12.3. The number of amides is 1. The van der Waals surface area contributed by atoms with Gasteiger partial charge < -0.3 is 10.5 Å². The van der Waals surface area contributed by atoms with E-state index in [2.05, 4.69) is 4.98 Å². The number of ether oxygens (including phenoxy) is 1. The van der Waals surface area contributed by atoms with Gasteiger partial charge in [-0.3, -0.25) is 9.78 Å². The van der Waals surface area contributed by atoms with Crippen LogP contribution in [0.1, 0.15) is 16.1 Å². The van der Waals surface area contributed by atoms with Gasteiger partial charge in [0.15, 0.2) is 0 Å². The number of rotatable bonds is 6. The van der Waals surface area contributed by atoms with Crippen molar-refractivity contribution in [3.8, 4) is 0 Å². The van der Waals surface area contributed by atoms with E-state index >= 15 is 0 Å². The van der Waals surface area contributed by atoms with E-state index in [0.717, 1.165) is 0 Å². The van der Waals surface area contributed by atoms with E-state index in [9.17, 15) is 9.59 Å². The second-order valence-electron chi connectivity index (χ2n) is 4.15. The molecule has 0 atom stereocenters. The average Bonchev–Trinajstić information content (AvgIpc) is 2.52. The van der Waals surface area contributed by atoms with Crippen LogP contribution in [0.2, 0.25) is 0 Å². The Morgan fingerprint density at radius 1 is 1.14 bits per heavy atom. The number of hydrogen-bond donors (Lipinski definition) is 1. The number of thioether (sulfide) groups is 1. The number of carbonyl (C=O) groups excluding carboxylic acids is 2. The molecule has 1 aromatic carbocycles. The molecular formula is C15H14N2O3S. The molecule has 108 valence electrons. The zero-order valence-corrected chi connectivity index (χ0v) is 12.0. The number of pyridine rings is 1. The highest BCUT2D eigenvalue weighted by atomic mass is 32.2. The molecule has 0 radical (unpaired) electrons. The van der Waals surface area contributed by atoms with Crippen LogP contribution in [0.3, 0.4) is 0 Å². The van der Waals surface area contributed by atoms with Crippen molar-refractivity contribution in [1.82, 2.24) is 4.98 Å². The molecule has 1 heterocycles. The van der Waals surface area contributed by atoms with Gasteiger partial charge in [0.1, 0.15) is 6.61 Å². The van der Waals surface area contributed by atoms with Gasteiger partial charge in [-0.25, -0.2) is 4.79 Å². The lowest BCUT2D eigenvalue weighted by molar-refractivity contribution is -0.115. The van der Waals surface area contributed by atoms with E-state index in [1.165, 1.54) is 11.8 Å². The third-order valence-corrected chi connectivity index (χ3v) is 3.65. The summed E-state index contributed by atoms with van der Waals surface area (Å²) in [5, 5.41) is 0. The molecule has 0 bridgehead atoms. The van der Waals surface area contributed by atoms with Crippen LogP contribution in [-0.4, -0.2) is 22.6 Å². The molecule has 0 aliphatic rings. The Balaban J connectivity index is 2.03. The highest BCUT2D eigenvalue weighted by molar-refractivity contribution is 8.00. The maximum atomic E-state index is 12.1. The monoisotopic (exact) mass is 302 g/mol. The van der Waals surface area contributed by atoms with Gasteiger partial charge in [0, 0.05) is 11.1 Å². The maximum Gasteiger partial charge on any atom is 0.339 e. The van der Waals surface area contributed by atoms with Crippen molar-refractivity contribution in [2.75, 3.05) is 5.75 Å². The second kappa shape index (κ2) is 7.44. The van der Waals surface area contributed by atoms with Crippen LogP contribution in [0.15, 0.2) is 53.6 Å². The Labute approximate surface area is 126 Å². The zero-order valence-electron chi connectivity index (χ0n) is 11.2. The second-order valence-corrected chi connectivity index (χ2v) is 5.17. The number of nitrogens with zero attached hydrogens (tertiary/aromatic N) is 1. The van der Waals surface area contributed by atoms with Crippen LogP contribution in [0.5, 0.6) is 0 Å². The minimum atomic E-state index is -0.451. The van der Waals surface area contributed by atoms with Gasteiger partial charge in [-0.2, -0.15) is 0 Å². The van der Waals surface area contributed by atoms with Crippen LogP contribution in [-0.2, 0) is 16.1 Å². The summed E-state index contributed by atoms with van der Waals surface area (Å²) < 4.78 is 5.23. The number of nitrogens with two attached hydrogens (primary N) is 1. The SMILES string of the molecule is NC(=O)CSc1ccccc1C(=O)OCc1ccccn1. The van der Waals surface area contributed by atoms with Crippen LogP contribution in [0.4, 0.5) is 0 Å². The summed E-state index contributed by atoms with van der Waals surface area (Å²) in [4.78, 5) is 27.7. The standard InChI is InChI=1S/C15H14N2O3S/c16-14(18)10-21-13-7-2-1-6-12(13)15(19)20-9-11-5-3-4-8-17-11/h1-8H,9-10H2,(H2,16,18). The van der Waals surface area contributed by atoms with Crippen molar-refractivity contribution in [2.45, 2.75) is 11.5 Å². The summed E-state index contributed by atoms with van der Waals surface area (Å²) in [6.07, 6.45) is 1.64. The van der Waals surface area contributed by atoms with Gasteiger partial charge in [0.05, 0.1) is 17.0 Å². The first-order valence-corrected chi connectivity index (χ1v) is 7.22. The summed E-state index contributed by atoms with van der Waals surface area (Å²) in [5.74, 6) is -0.769. The fourth-order valence-corrected chi connectivity index (χ4v) is 2.39. The Hall–Kier alpha value is -2.34. The number of hydrogen-bond acceptors (Lipinski definition) is 5. The predicted molar refractivity (Wildman–Crippen MR) is 79.7 cm³/mol. The number of aromatic nitrogens is 1. The lowest BCUT2D eigenvalue weighted by Gasteiger charge is -2.08. The first-order chi connectivity index (χ1) is 10.2. The molecule has 2 rings (SSSR count). The van der Waals surface area contributed by atoms with E-state index in [-0.39, 0.29) is 12.4 Å². The molecule has 0 saturated heterocycles. The lowest BCUT2D eigenvalue weighted by Crippen LogP contribution is -2.14. The normalized spacial score (nSPS) is 10.1. The Morgan fingerprint density at radius 3 is 2.62 bits per heavy atom. The van der Waals surface area contributed by atoms with Gasteiger partial charge in [0.25, 0.3) is 0 Å². The largest absolute Gasteiger partial charge is 0.456 e. The average molecular weight is 302 g/mol. The number of carbonyl (C=O) groups is 2. The topological polar surface area (TPSA) is 82.3 Å². The molecule has 0 unspecified atom stereocenters. The molecule has 0 spiro atoms. The molecule has 0 fully saturated rings. The Morgan fingerprint density at radius 2 is 1.90 bits per heavy atom. The third-order valence-electron chi connectivity index (χ3n) is 2.55. The first-order valence-electron chi connectivity index (χ1n) is 6.24. The van der Waals surface area contributed by atoms with Crippen molar-refractivity contribution in [1.29, 1.82) is 0 Å². The van der Waals surface area contributed by atoms with Gasteiger partial charge >= 0.3 is 5.97 Å². The van der Waals surface area contributed by atoms with E-state index in [0.29, 0.717) is 16.2 Å². The molecule has 2 aromatic rings. The molecule has 2 N–H and O–H groups in total. The van der Waals surface area contributed by atoms with E-state index in [4.69, 9.17) is 10.5 Å². The van der Waals surface area contributed by atoms with Gasteiger partial charge in [0.2, 0.25) is 5.91 Å². The maximum absolute atomic E-state index is 12.1. The van der Waals surface area contributed by atoms with Gasteiger partial charge in [-0.15, -0.1) is 11.8 Å². The summed E-state index contributed by atoms with van der Waals surface area (Å²) in [7, 11) is 0. The van der Waals surface area contributed by atoms with Crippen LogP contribution >= 0.6 is 11.8 Å². The van der Waals surface area contributed by atoms with Crippen LogP contribution < -0.4 is 5.73 Å². The molecule has 6 heteroatoms. The van der Waals surface area contributed by atoms with E-state index in [1.54, 1.807) is 42.6 Å². The predicted octanol–water partition coefficient (Wildman–Crippen LogP) is 2.02. The smallest absolute Gasteiger partial charge is 0.339 e. The van der Waals surface area contributed by atoms with Gasteiger partial charge in [-0.1, -0.05) is 18.2 Å². The molecule has 0 saturated carbocycles. The molecule has 0 aliphatic carbocycles. The summed E-state index contributed by atoms with van der Waals surface area (Å²) >= 11 is 1.21. The van der Waals surface area contributed by atoms with E-state index < -0.39 is 11.9 Å². The Kier molecular flexibility index (Phi) is 5.34. The lowest BCUT2D eigenvalue weighted by atomic mass is 10.2. The number of primary amides is 1.